The Morgan fingerprint density at radius 2 is 2.18 bits per heavy atom. The molecule has 0 unspecified atom stereocenters. The molecular weight excluding hydrogens is 302 g/mol. The number of hydrogen-bond donors (Lipinski definition) is 2. The summed E-state index contributed by atoms with van der Waals surface area (Å²) in [6.45, 7) is 0. The number of nitrogens with one attached hydrogen (secondary N) is 1. The van der Waals surface area contributed by atoms with E-state index in [-0.39, 0.29) is 11.7 Å². The highest BCUT2D eigenvalue weighted by Crippen LogP contribution is 2.28. The Morgan fingerprint density at radius 3 is 2.71 bits per heavy atom. The predicted molar refractivity (Wildman–Crippen MR) is 74.6 cm³/mol. The second-order valence-corrected chi connectivity index (χ2v) is 5.48. The highest BCUT2D eigenvalue weighted by atomic mass is 79.9. The summed E-state index contributed by atoms with van der Waals surface area (Å²) < 4.78 is 0.771. The number of amidine groups is 1. The quantitative estimate of drug-likeness (QED) is 0.506. The molecule has 0 spiro atoms. The van der Waals surface area contributed by atoms with E-state index >= 15 is 0 Å². The molecule has 4 nitrogen and oxygen atoms in total. The van der Waals surface area contributed by atoms with Gasteiger partial charge in [0.05, 0.1) is 5.75 Å². The van der Waals surface area contributed by atoms with Crippen LogP contribution in [0.5, 0.6) is 0 Å². The van der Waals surface area contributed by atoms with Crippen LogP contribution in [-0.2, 0) is 4.79 Å². The molecule has 3 N–H and O–H groups in total. The molecule has 0 aliphatic rings. The molecule has 0 saturated heterocycles. The van der Waals surface area contributed by atoms with Gasteiger partial charge in [0.15, 0.2) is 0 Å². The molecule has 0 aromatic heterocycles. The van der Waals surface area contributed by atoms with Crippen molar-refractivity contribution in [1.29, 1.82) is 5.41 Å². The Balaban J connectivity index is 2.88. The summed E-state index contributed by atoms with van der Waals surface area (Å²) in [4.78, 5) is 13.9. The molecule has 1 aromatic rings. The van der Waals surface area contributed by atoms with E-state index in [1.54, 1.807) is 19.0 Å². The lowest BCUT2D eigenvalue weighted by Gasteiger charge is -2.12. The van der Waals surface area contributed by atoms with Crippen LogP contribution >= 0.6 is 27.7 Å². The van der Waals surface area contributed by atoms with E-state index < -0.39 is 0 Å². The Bertz CT molecular complexity index is 448. The monoisotopic (exact) mass is 315 g/mol. The molecule has 92 valence electrons. The van der Waals surface area contributed by atoms with Crippen molar-refractivity contribution in [2.45, 2.75) is 4.90 Å². The lowest BCUT2D eigenvalue weighted by atomic mass is 10.2. The van der Waals surface area contributed by atoms with Crippen molar-refractivity contribution in [3.63, 3.8) is 0 Å². The smallest absolute Gasteiger partial charge is 0.232 e. The molecule has 0 aliphatic carbocycles. The molecule has 1 amide bonds. The van der Waals surface area contributed by atoms with Crippen LogP contribution in [0.25, 0.3) is 0 Å². The number of nitrogens with zero attached hydrogens (tertiary/aromatic N) is 1. The van der Waals surface area contributed by atoms with Gasteiger partial charge in [-0.2, -0.15) is 0 Å². The van der Waals surface area contributed by atoms with E-state index in [9.17, 15) is 4.79 Å². The van der Waals surface area contributed by atoms with E-state index in [1.807, 2.05) is 18.2 Å². The first-order valence-corrected chi connectivity index (χ1v) is 6.67. The van der Waals surface area contributed by atoms with E-state index in [1.165, 1.54) is 11.8 Å². The van der Waals surface area contributed by atoms with Crippen molar-refractivity contribution < 1.29 is 4.79 Å². The Hall–Kier alpha value is -1.01. The van der Waals surface area contributed by atoms with Gasteiger partial charge in [-0.15, -0.1) is 11.8 Å². The first kappa shape index (κ1) is 14.1. The van der Waals surface area contributed by atoms with Gasteiger partial charge in [-0.3, -0.25) is 10.2 Å². The fourth-order valence-corrected chi connectivity index (χ4v) is 2.94. The topological polar surface area (TPSA) is 70.2 Å². The lowest BCUT2D eigenvalue weighted by Crippen LogP contribution is -2.23. The zero-order valence-corrected chi connectivity index (χ0v) is 12.1. The third-order valence-electron chi connectivity index (χ3n) is 2.09. The van der Waals surface area contributed by atoms with Crippen LogP contribution in [0, 0.1) is 5.41 Å². The minimum atomic E-state index is -0.00252. The van der Waals surface area contributed by atoms with Crippen molar-refractivity contribution in [1.82, 2.24) is 4.90 Å². The molecule has 0 aliphatic heterocycles. The van der Waals surface area contributed by atoms with E-state index in [0.717, 1.165) is 9.37 Å². The number of carbonyl (C=O) groups is 1. The normalized spacial score (nSPS) is 10.1. The third kappa shape index (κ3) is 3.74. The highest BCUT2D eigenvalue weighted by molar-refractivity contribution is 9.10. The maximum Gasteiger partial charge on any atom is 0.232 e. The van der Waals surface area contributed by atoms with Crippen LogP contribution in [0.15, 0.2) is 27.6 Å². The molecule has 0 fully saturated rings. The SMILES string of the molecule is CN(C)C(=O)CSc1cccc(Br)c1C(=N)N. The zero-order valence-electron chi connectivity index (χ0n) is 9.66. The fraction of sp³-hybridized carbons (Fsp3) is 0.273. The third-order valence-corrected chi connectivity index (χ3v) is 3.80. The number of rotatable bonds is 4. The first-order chi connectivity index (χ1) is 7.93. The molecule has 0 heterocycles. The van der Waals surface area contributed by atoms with E-state index in [2.05, 4.69) is 15.9 Å². The van der Waals surface area contributed by atoms with Crippen molar-refractivity contribution >= 4 is 39.4 Å². The second-order valence-electron chi connectivity index (χ2n) is 3.60. The number of amides is 1. The average Bonchev–Trinajstić information content (AvgIpc) is 2.24. The Kier molecular flexibility index (Phi) is 5.02. The average molecular weight is 316 g/mol. The summed E-state index contributed by atoms with van der Waals surface area (Å²) in [5.41, 5.74) is 6.17. The van der Waals surface area contributed by atoms with Crippen molar-refractivity contribution in [3.8, 4) is 0 Å². The molecule has 1 rings (SSSR count). The summed E-state index contributed by atoms with van der Waals surface area (Å²) in [6, 6.07) is 5.54. The molecule has 0 bridgehead atoms. The number of benzene rings is 1. The van der Waals surface area contributed by atoms with Gasteiger partial charge in [0.25, 0.3) is 0 Å². The van der Waals surface area contributed by atoms with Crippen LogP contribution < -0.4 is 5.73 Å². The molecule has 0 radical (unpaired) electrons. The summed E-state index contributed by atoms with van der Waals surface area (Å²) in [5, 5.41) is 7.53. The predicted octanol–water partition coefficient (Wildman–Crippen LogP) is 1.91. The number of hydrogen-bond acceptors (Lipinski definition) is 3. The minimum absolute atomic E-state index is 0.00252. The van der Waals surface area contributed by atoms with Crippen LogP contribution in [0.4, 0.5) is 0 Å². The molecular formula is C11H14BrN3OS. The molecule has 6 heteroatoms. The second kappa shape index (κ2) is 6.07. The lowest BCUT2D eigenvalue weighted by molar-refractivity contribution is -0.125. The minimum Gasteiger partial charge on any atom is -0.384 e. The van der Waals surface area contributed by atoms with E-state index in [0.29, 0.717) is 11.3 Å². The summed E-state index contributed by atoms with van der Waals surface area (Å²) in [5.74, 6) is 0.366. The van der Waals surface area contributed by atoms with Gasteiger partial charge in [0, 0.05) is 29.0 Å². The first-order valence-electron chi connectivity index (χ1n) is 4.89. The van der Waals surface area contributed by atoms with Crippen LogP contribution in [0.1, 0.15) is 5.56 Å². The number of nitrogen functional groups attached to an aromatic ring is 1. The number of carbonyl (C=O) groups excluding carboxylic acids is 1. The van der Waals surface area contributed by atoms with Crippen LogP contribution in [-0.4, -0.2) is 36.5 Å². The van der Waals surface area contributed by atoms with Gasteiger partial charge in [0.1, 0.15) is 5.84 Å². The van der Waals surface area contributed by atoms with Crippen molar-refractivity contribution in [2.75, 3.05) is 19.8 Å². The van der Waals surface area contributed by atoms with Gasteiger partial charge < -0.3 is 10.6 Å². The molecule has 17 heavy (non-hydrogen) atoms. The molecule has 1 aromatic carbocycles. The van der Waals surface area contributed by atoms with Gasteiger partial charge >= 0.3 is 0 Å². The summed E-state index contributed by atoms with van der Waals surface area (Å²) in [7, 11) is 3.44. The standard InChI is InChI=1S/C11H14BrN3OS/c1-15(2)9(16)6-17-8-5-3-4-7(12)10(8)11(13)14/h3-5H,6H2,1-2H3,(H3,13,14). The Morgan fingerprint density at radius 1 is 1.53 bits per heavy atom. The maximum absolute atomic E-state index is 11.5. The molecule has 0 saturated carbocycles. The summed E-state index contributed by atoms with van der Waals surface area (Å²) >= 11 is 4.74. The number of nitrogens with two attached hydrogens (primary N) is 1. The van der Waals surface area contributed by atoms with Crippen LogP contribution in [0.2, 0.25) is 0 Å². The number of halogens is 1. The summed E-state index contributed by atoms with van der Waals surface area (Å²) in [6.07, 6.45) is 0. The van der Waals surface area contributed by atoms with Crippen molar-refractivity contribution in [2.24, 2.45) is 5.73 Å². The highest BCUT2D eigenvalue weighted by Gasteiger charge is 2.12. The van der Waals surface area contributed by atoms with Gasteiger partial charge in [-0.25, -0.2) is 0 Å². The largest absolute Gasteiger partial charge is 0.384 e. The zero-order chi connectivity index (χ0) is 13.0. The van der Waals surface area contributed by atoms with Gasteiger partial charge in [0.2, 0.25) is 5.91 Å². The van der Waals surface area contributed by atoms with Gasteiger partial charge in [-0.1, -0.05) is 6.07 Å². The number of thioether (sulfide) groups is 1. The molecule has 0 atom stereocenters. The Labute approximate surface area is 113 Å². The maximum atomic E-state index is 11.5. The van der Waals surface area contributed by atoms with Crippen LogP contribution in [0.3, 0.4) is 0 Å². The fourth-order valence-electron chi connectivity index (χ4n) is 1.15. The van der Waals surface area contributed by atoms with Gasteiger partial charge in [-0.05, 0) is 28.1 Å². The van der Waals surface area contributed by atoms with Crippen molar-refractivity contribution in [3.05, 3.63) is 28.2 Å². The van der Waals surface area contributed by atoms with E-state index in [4.69, 9.17) is 11.1 Å².